The van der Waals surface area contributed by atoms with Crippen LogP contribution in [0.1, 0.15) is 8.30 Å². The Balaban J connectivity index is 2.85. The van der Waals surface area contributed by atoms with Gasteiger partial charge in [0.1, 0.15) is 0 Å². The molecule has 1 heteroatoms. The van der Waals surface area contributed by atoms with Crippen LogP contribution in [0.5, 0.6) is 0 Å². The molecule has 0 unspecified atom stereocenters. The Bertz CT molecular complexity index is 174. The second-order valence-electron chi connectivity index (χ2n) is 1.29. The molecule has 0 N–H and O–H groups in total. The summed E-state index contributed by atoms with van der Waals surface area (Å²) in [6, 6.07) is 3.45. The highest BCUT2D eigenvalue weighted by Gasteiger charge is 1.73. The van der Waals surface area contributed by atoms with E-state index in [9.17, 15) is 0 Å². The fourth-order valence-corrected chi connectivity index (χ4v) is 0.376. The maximum Gasteiger partial charge on any atom is 0.0297 e. The van der Waals surface area contributed by atoms with Crippen LogP contribution in [0.2, 0.25) is 0 Å². The Kier molecular flexibility index (Phi) is 0.609. The van der Waals surface area contributed by atoms with Gasteiger partial charge in [-0.25, -0.2) is 0 Å². The van der Waals surface area contributed by atoms with E-state index in [1.54, 1.807) is 18.3 Å². The summed E-state index contributed by atoms with van der Waals surface area (Å²) in [5.41, 5.74) is 0.637. The number of hydrogen-bond donors (Lipinski definition) is 0. The molecule has 0 amide bonds. The van der Waals surface area contributed by atoms with Gasteiger partial charge in [0.25, 0.3) is 0 Å². The van der Waals surface area contributed by atoms with Gasteiger partial charge in [-0.2, -0.15) is 0 Å². The van der Waals surface area contributed by atoms with Gasteiger partial charge in [-0.15, -0.1) is 0 Å². The lowest BCUT2D eigenvalue weighted by Crippen LogP contribution is -1.69. The molecule has 0 aliphatic rings. The number of pyridine rings is 1. The zero-order valence-electron chi connectivity index (χ0n) is 5.83. The molecule has 1 aromatic rings. The minimum atomic E-state index is -0.904. The molecule has 0 atom stereocenters. The first-order valence-corrected chi connectivity index (χ1v) is 2.05. The van der Waals surface area contributed by atoms with Gasteiger partial charge in [0.15, 0.2) is 0 Å². The molecule has 0 fully saturated rings. The van der Waals surface area contributed by atoms with E-state index in [-0.39, 0.29) is 0 Å². The first-order valence-electron chi connectivity index (χ1n) is 3.20. The predicted octanol–water partition coefficient (Wildman–Crippen LogP) is 1.39. The van der Waals surface area contributed by atoms with Gasteiger partial charge >= 0.3 is 0 Å². The lowest BCUT2D eigenvalue weighted by molar-refractivity contribution is 1.27. The molecule has 0 bridgehead atoms. The van der Waals surface area contributed by atoms with Crippen molar-refractivity contribution in [3.05, 3.63) is 30.1 Å². The molecule has 36 valence electrons. The topological polar surface area (TPSA) is 12.9 Å². The molecular formula is C6H7N. The second kappa shape index (κ2) is 1.73. The third-order valence-corrected chi connectivity index (χ3v) is 0.684. The van der Waals surface area contributed by atoms with Crippen LogP contribution in [0, 0.1) is 6.88 Å². The van der Waals surface area contributed by atoms with Crippen LogP contribution < -0.4 is 0 Å². The third kappa shape index (κ3) is 1.000. The Morgan fingerprint density at radius 3 is 3.29 bits per heavy atom. The summed E-state index contributed by atoms with van der Waals surface area (Å²) >= 11 is 0. The number of aromatic nitrogens is 1. The molecule has 1 rings (SSSR count). The smallest absolute Gasteiger partial charge is 0.0297 e. The van der Waals surface area contributed by atoms with E-state index < -0.39 is 6.88 Å². The van der Waals surface area contributed by atoms with E-state index in [0.717, 1.165) is 0 Å². The Hall–Kier alpha value is -0.850. The molecule has 0 spiro atoms. The van der Waals surface area contributed by atoms with Crippen molar-refractivity contribution in [3.63, 3.8) is 0 Å². The molecule has 1 aromatic heterocycles. The first kappa shape index (κ1) is 2.46. The Labute approximate surface area is 45.8 Å². The minimum absolute atomic E-state index is 0.637. The van der Waals surface area contributed by atoms with Gasteiger partial charge in [0, 0.05) is 15.1 Å². The standard InChI is InChI=1S/C6H7N/c1-6-3-2-4-7-5-6/h2-5H,1H3/i1D2. The molecule has 0 saturated heterocycles. The summed E-state index contributed by atoms with van der Waals surface area (Å²) in [6.07, 6.45) is 3.16. The number of aryl methyl sites for hydroxylation is 1. The summed E-state index contributed by atoms with van der Waals surface area (Å²) in [4.78, 5) is 3.77. The Morgan fingerprint density at radius 1 is 1.86 bits per heavy atom. The van der Waals surface area contributed by atoms with Gasteiger partial charge in [-0.1, -0.05) is 6.07 Å². The van der Waals surface area contributed by atoms with Crippen LogP contribution in [-0.4, -0.2) is 4.98 Å². The van der Waals surface area contributed by atoms with Crippen LogP contribution in [0.3, 0.4) is 0 Å². The van der Waals surface area contributed by atoms with E-state index >= 15 is 0 Å². The highest BCUT2D eigenvalue weighted by atomic mass is 14.6. The van der Waals surface area contributed by atoms with Crippen molar-refractivity contribution in [2.24, 2.45) is 0 Å². The fraction of sp³-hybridized carbons (Fsp3) is 0.167. The van der Waals surface area contributed by atoms with E-state index in [2.05, 4.69) is 4.98 Å². The molecule has 7 heavy (non-hydrogen) atoms. The van der Waals surface area contributed by atoms with E-state index in [1.165, 1.54) is 6.20 Å². The molecule has 0 aliphatic heterocycles. The zero-order valence-corrected chi connectivity index (χ0v) is 3.83. The van der Waals surface area contributed by atoms with Crippen molar-refractivity contribution >= 4 is 0 Å². The third-order valence-electron chi connectivity index (χ3n) is 0.684. The van der Waals surface area contributed by atoms with Gasteiger partial charge in [-0.3, -0.25) is 4.98 Å². The number of nitrogens with zero attached hydrogens (tertiary/aromatic N) is 1. The largest absolute Gasteiger partial charge is 0.264 e. The zero-order chi connectivity index (χ0) is 6.69. The normalized spacial score (nSPS) is 13.3. The lowest BCUT2D eigenvalue weighted by atomic mass is 10.3. The summed E-state index contributed by atoms with van der Waals surface area (Å²) in [6.45, 7) is -0.904. The quantitative estimate of drug-likeness (QED) is 0.474. The summed E-state index contributed by atoms with van der Waals surface area (Å²) in [5, 5.41) is 0. The van der Waals surface area contributed by atoms with Crippen LogP contribution in [-0.2, 0) is 0 Å². The summed E-state index contributed by atoms with van der Waals surface area (Å²) in [7, 11) is 0. The van der Waals surface area contributed by atoms with Crippen molar-refractivity contribution in [1.82, 2.24) is 4.98 Å². The highest BCUT2D eigenvalue weighted by molar-refractivity contribution is 5.04. The Morgan fingerprint density at radius 2 is 2.86 bits per heavy atom. The van der Waals surface area contributed by atoms with Crippen LogP contribution in [0.4, 0.5) is 0 Å². The minimum Gasteiger partial charge on any atom is -0.264 e. The van der Waals surface area contributed by atoms with Gasteiger partial charge < -0.3 is 0 Å². The summed E-state index contributed by atoms with van der Waals surface area (Å²) < 4.78 is 13.9. The van der Waals surface area contributed by atoms with Crippen molar-refractivity contribution in [2.45, 2.75) is 6.88 Å². The predicted molar refractivity (Wildman–Crippen MR) is 29.0 cm³/mol. The molecular weight excluding hydrogens is 86.1 g/mol. The van der Waals surface area contributed by atoms with Gasteiger partial charge in [0.2, 0.25) is 0 Å². The second-order valence-corrected chi connectivity index (χ2v) is 1.29. The fourth-order valence-electron chi connectivity index (χ4n) is 0.376. The van der Waals surface area contributed by atoms with E-state index in [0.29, 0.717) is 5.56 Å². The van der Waals surface area contributed by atoms with Crippen molar-refractivity contribution in [3.8, 4) is 0 Å². The average molecular weight is 95.1 g/mol. The van der Waals surface area contributed by atoms with Crippen LogP contribution >= 0.6 is 0 Å². The first-order chi connectivity index (χ1) is 4.30. The molecule has 0 radical (unpaired) electrons. The van der Waals surface area contributed by atoms with Gasteiger partial charge in [0.05, 0.1) is 0 Å². The van der Waals surface area contributed by atoms with Crippen molar-refractivity contribution < 1.29 is 2.74 Å². The van der Waals surface area contributed by atoms with E-state index in [1.807, 2.05) is 0 Å². The molecule has 1 nitrogen and oxygen atoms in total. The maximum atomic E-state index is 6.95. The molecule has 1 heterocycles. The summed E-state index contributed by atoms with van der Waals surface area (Å²) in [5.74, 6) is 0. The lowest BCUT2D eigenvalue weighted by Gasteiger charge is -1.82. The van der Waals surface area contributed by atoms with Crippen LogP contribution in [0.25, 0.3) is 0 Å². The molecule has 0 saturated carbocycles. The highest BCUT2D eigenvalue weighted by Crippen LogP contribution is 1.88. The number of hydrogen-bond acceptors (Lipinski definition) is 1. The molecule has 0 aromatic carbocycles. The maximum absolute atomic E-state index is 6.95. The SMILES string of the molecule is [2H]C([2H])c1cccnc1. The van der Waals surface area contributed by atoms with Crippen molar-refractivity contribution in [2.75, 3.05) is 0 Å². The molecule has 0 aliphatic carbocycles. The number of rotatable bonds is 0. The monoisotopic (exact) mass is 95.1 g/mol. The van der Waals surface area contributed by atoms with Crippen LogP contribution in [0.15, 0.2) is 24.5 Å². The average Bonchev–Trinajstić information content (AvgIpc) is 1.90. The van der Waals surface area contributed by atoms with Crippen molar-refractivity contribution in [1.29, 1.82) is 0 Å². The van der Waals surface area contributed by atoms with Gasteiger partial charge in [-0.05, 0) is 18.5 Å². The van der Waals surface area contributed by atoms with E-state index in [4.69, 9.17) is 2.74 Å².